The SMILES string of the molecule is COc1cccc(COC(CN2CCN(C(=O)c3ccccc3F)CC2)c2ccc(Cl)cc2)c1. The summed E-state index contributed by atoms with van der Waals surface area (Å²) in [5.41, 5.74) is 2.19. The third kappa shape index (κ3) is 6.14. The summed E-state index contributed by atoms with van der Waals surface area (Å²) < 4.78 is 25.7. The van der Waals surface area contributed by atoms with E-state index in [9.17, 15) is 9.18 Å². The molecule has 3 aromatic rings. The lowest BCUT2D eigenvalue weighted by molar-refractivity contribution is 0.00333. The largest absolute Gasteiger partial charge is 0.497 e. The van der Waals surface area contributed by atoms with Crippen molar-refractivity contribution in [1.82, 2.24) is 9.80 Å². The number of hydrogen-bond donors (Lipinski definition) is 0. The van der Waals surface area contributed by atoms with Crippen molar-refractivity contribution in [3.05, 3.63) is 100 Å². The molecule has 0 saturated carbocycles. The molecule has 4 rings (SSSR count). The first-order chi connectivity index (χ1) is 16.5. The highest BCUT2D eigenvalue weighted by molar-refractivity contribution is 6.30. The molecule has 1 atom stereocenters. The Kier molecular flexibility index (Phi) is 8.16. The number of amides is 1. The molecule has 1 amide bonds. The summed E-state index contributed by atoms with van der Waals surface area (Å²) in [6.07, 6.45) is -0.169. The molecular formula is C27H28ClFN2O3. The normalized spacial score (nSPS) is 15.2. The molecule has 1 fully saturated rings. The lowest BCUT2D eigenvalue weighted by Crippen LogP contribution is -2.49. The van der Waals surface area contributed by atoms with Crippen LogP contribution in [0.2, 0.25) is 5.02 Å². The molecule has 178 valence electrons. The fourth-order valence-electron chi connectivity index (χ4n) is 4.06. The molecular weight excluding hydrogens is 455 g/mol. The molecule has 0 aromatic heterocycles. The zero-order valence-electron chi connectivity index (χ0n) is 19.1. The number of halogens is 2. The van der Waals surface area contributed by atoms with Crippen LogP contribution < -0.4 is 4.74 Å². The molecule has 1 heterocycles. The van der Waals surface area contributed by atoms with Crippen LogP contribution in [0.5, 0.6) is 5.75 Å². The van der Waals surface area contributed by atoms with Gasteiger partial charge in [0.15, 0.2) is 0 Å². The summed E-state index contributed by atoms with van der Waals surface area (Å²) in [6.45, 7) is 3.57. The molecule has 0 aliphatic carbocycles. The average molecular weight is 483 g/mol. The molecule has 1 unspecified atom stereocenters. The highest BCUT2D eigenvalue weighted by Gasteiger charge is 2.26. The Labute approximate surface area is 204 Å². The zero-order valence-corrected chi connectivity index (χ0v) is 19.9. The molecule has 3 aromatic carbocycles. The molecule has 0 radical (unpaired) electrons. The van der Waals surface area contributed by atoms with Gasteiger partial charge in [-0.3, -0.25) is 9.69 Å². The van der Waals surface area contributed by atoms with Crippen LogP contribution in [0.25, 0.3) is 0 Å². The van der Waals surface area contributed by atoms with Gasteiger partial charge in [0.05, 0.1) is 25.4 Å². The fourth-order valence-corrected chi connectivity index (χ4v) is 4.19. The van der Waals surface area contributed by atoms with E-state index in [1.54, 1.807) is 24.1 Å². The number of benzene rings is 3. The van der Waals surface area contributed by atoms with Crippen molar-refractivity contribution in [2.75, 3.05) is 39.8 Å². The first-order valence-corrected chi connectivity index (χ1v) is 11.7. The minimum Gasteiger partial charge on any atom is -0.497 e. The molecule has 1 aliphatic heterocycles. The molecule has 1 aliphatic rings. The monoisotopic (exact) mass is 482 g/mol. The van der Waals surface area contributed by atoms with Crippen LogP contribution in [-0.2, 0) is 11.3 Å². The van der Waals surface area contributed by atoms with Gasteiger partial charge in [-0.05, 0) is 47.5 Å². The minimum absolute atomic E-state index is 0.122. The Morgan fingerprint density at radius 2 is 1.74 bits per heavy atom. The van der Waals surface area contributed by atoms with Gasteiger partial charge in [0.1, 0.15) is 11.6 Å². The predicted octanol–water partition coefficient (Wildman–Crippen LogP) is 5.20. The second kappa shape index (κ2) is 11.5. The maximum absolute atomic E-state index is 14.0. The van der Waals surface area contributed by atoms with Crippen molar-refractivity contribution in [3.63, 3.8) is 0 Å². The number of nitrogens with zero attached hydrogens (tertiary/aromatic N) is 2. The highest BCUT2D eigenvalue weighted by atomic mass is 35.5. The van der Waals surface area contributed by atoms with Crippen LogP contribution in [0.15, 0.2) is 72.8 Å². The van der Waals surface area contributed by atoms with Crippen molar-refractivity contribution in [1.29, 1.82) is 0 Å². The smallest absolute Gasteiger partial charge is 0.256 e. The molecule has 0 N–H and O–H groups in total. The first kappa shape index (κ1) is 24.2. The summed E-state index contributed by atoms with van der Waals surface area (Å²) in [4.78, 5) is 16.7. The Balaban J connectivity index is 1.40. The van der Waals surface area contributed by atoms with Gasteiger partial charge in [0.25, 0.3) is 5.91 Å². The molecule has 7 heteroatoms. The van der Waals surface area contributed by atoms with Gasteiger partial charge in [-0.15, -0.1) is 0 Å². The van der Waals surface area contributed by atoms with Gasteiger partial charge in [0.2, 0.25) is 0 Å². The van der Waals surface area contributed by atoms with E-state index in [0.717, 1.165) is 16.9 Å². The van der Waals surface area contributed by atoms with Gasteiger partial charge < -0.3 is 14.4 Å². The number of ether oxygens (including phenoxy) is 2. The number of methoxy groups -OCH3 is 1. The summed E-state index contributed by atoms with van der Waals surface area (Å²) in [6, 6.07) is 21.6. The fraction of sp³-hybridized carbons (Fsp3) is 0.296. The van der Waals surface area contributed by atoms with Crippen LogP contribution in [0.4, 0.5) is 4.39 Å². The average Bonchev–Trinajstić information content (AvgIpc) is 2.87. The van der Waals surface area contributed by atoms with Crippen LogP contribution in [-0.4, -0.2) is 55.5 Å². The molecule has 0 spiro atoms. The Bertz CT molecular complexity index is 1100. The lowest BCUT2D eigenvalue weighted by atomic mass is 10.1. The summed E-state index contributed by atoms with van der Waals surface area (Å²) in [5, 5.41) is 0.676. The molecule has 0 bridgehead atoms. The quantitative estimate of drug-likeness (QED) is 0.442. The predicted molar refractivity (Wildman–Crippen MR) is 131 cm³/mol. The van der Waals surface area contributed by atoms with Gasteiger partial charge >= 0.3 is 0 Å². The van der Waals surface area contributed by atoms with Gasteiger partial charge in [-0.2, -0.15) is 0 Å². The summed E-state index contributed by atoms with van der Waals surface area (Å²) in [5.74, 6) is 0.0461. The van der Waals surface area contributed by atoms with Gasteiger partial charge in [-0.1, -0.05) is 48.0 Å². The molecule has 34 heavy (non-hydrogen) atoms. The van der Waals surface area contributed by atoms with Crippen molar-refractivity contribution in [3.8, 4) is 5.75 Å². The number of carbonyl (C=O) groups is 1. The van der Waals surface area contributed by atoms with Crippen LogP contribution >= 0.6 is 11.6 Å². The third-order valence-corrected chi connectivity index (χ3v) is 6.27. The van der Waals surface area contributed by atoms with E-state index in [1.165, 1.54) is 12.1 Å². The Hall–Kier alpha value is -2.93. The zero-order chi connectivity index (χ0) is 23.9. The molecule has 1 saturated heterocycles. The standard InChI is InChI=1S/C27H28ClFN2O3/c1-33-23-6-4-5-20(17-23)19-34-26(21-9-11-22(28)12-10-21)18-30-13-15-31(16-14-30)27(32)24-7-2-3-8-25(24)29/h2-12,17,26H,13-16,18-19H2,1H3. The maximum atomic E-state index is 14.0. The number of piperazine rings is 1. The van der Waals surface area contributed by atoms with E-state index < -0.39 is 5.82 Å². The Morgan fingerprint density at radius 1 is 1.00 bits per heavy atom. The van der Waals surface area contributed by atoms with E-state index in [4.69, 9.17) is 21.1 Å². The van der Waals surface area contributed by atoms with Crippen molar-refractivity contribution in [2.45, 2.75) is 12.7 Å². The number of hydrogen-bond acceptors (Lipinski definition) is 4. The number of rotatable bonds is 8. The lowest BCUT2D eigenvalue weighted by Gasteiger charge is -2.36. The van der Waals surface area contributed by atoms with Crippen molar-refractivity contribution in [2.24, 2.45) is 0 Å². The second-order valence-electron chi connectivity index (χ2n) is 8.28. The second-order valence-corrected chi connectivity index (χ2v) is 8.71. The van der Waals surface area contributed by atoms with E-state index >= 15 is 0 Å². The van der Waals surface area contributed by atoms with Gasteiger partial charge in [-0.25, -0.2) is 4.39 Å². The number of carbonyl (C=O) groups excluding carboxylic acids is 1. The topological polar surface area (TPSA) is 42.0 Å². The van der Waals surface area contributed by atoms with E-state index in [0.29, 0.717) is 44.4 Å². The Morgan fingerprint density at radius 3 is 2.44 bits per heavy atom. The molecule has 5 nitrogen and oxygen atoms in total. The van der Waals surface area contributed by atoms with Gasteiger partial charge in [0, 0.05) is 37.7 Å². The first-order valence-electron chi connectivity index (χ1n) is 11.3. The maximum Gasteiger partial charge on any atom is 0.256 e. The van der Waals surface area contributed by atoms with E-state index in [-0.39, 0.29) is 17.6 Å². The van der Waals surface area contributed by atoms with E-state index in [2.05, 4.69) is 4.90 Å². The van der Waals surface area contributed by atoms with E-state index in [1.807, 2.05) is 48.5 Å². The summed E-state index contributed by atoms with van der Waals surface area (Å²) >= 11 is 6.09. The van der Waals surface area contributed by atoms with Crippen LogP contribution in [0.1, 0.15) is 27.6 Å². The third-order valence-electron chi connectivity index (χ3n) is 6.01. The minimum atomic E-state index is -0.483. The van der Waals surface area contributed by atoms with Crippen molar-refractivity contribution < 1.29 is 18.7 Å². The van der Waals surface area contributed by atoms with Crippen molar-refractivity contribution >= 4 is 17.5 Å². The highest BCUT2D eigenvalue weighted by Crippen LogP contribution is 2.24. The van der Waals surface area contributed by atoms with Crippen LogP contribution in [0.3, 0.4) is 0 Å². The summed E-state index contributed by atoms with van der Waals surface area (Å²) in [7, 11) is 1.65. The van der Waals surface area contributed by atoms with Crippen LogP contribution in [0, 0.1) is 5.82 Å².